The fourth-order valence-corrected chi connectivity index (χ4v) is 3.18. The first-order chi connectivity index (χ1) is 9.56. The molecule has 0 unspecified atom stereocenters. The van der Waals surface area contributed by atoms with Gasteiger partial charge in [0.15, 0.2) is 0 Å². The molecular weight excluding hydrogens is 274 g/mol. The number of pyridine rings is 1. The minimum atomic E-state index is -0.143. The smallest absolute Gasteiger partial charge is 0.259 e. The molecule has 0 spiro atoms. The summed E-state index contributed by atoms with van der Waals surface area (Å²) in [5.41, 5.74) is 0.715. The SMILES string of the molecule is Cc1sc2nc(Cn3ccccc3=O)[nH]c(=O)c2c1C. The number of aryl methyl sites for hydroxylation is 2. The molecule has 1 N–H and O–H groups in total. The van der Waals surface area contributed by atoms with Crippen molar-refractivity contribution in [2.75, 3.05) is 0 Å². The molecule has 6 heteroatoms. The molecule has 0 radical (unpaired) electrons. The second kappa shape index (κ2) is 4.72. The molecule has 0 aliphatic heterocycles. The Bertz CT molecular complexity index is 905. The number of hydrogen-bond acceptors (Lipinski definition) is 4. The van der Waals surface area contributed by atoms with Gasteiger partial charge in [-0.3, -0.25) is 9.59 Å². The molecule has 20 heavy (non-hydrogen) atoms. The molecule has 3 aromatic rings. The van der Waals surface area contributed by atoms with Crippen molar-refractivity contribution in [3.8, 4) is 0 Å². The Morgan fingerprint density at radius 3 is 2.85 bits per heavy atom. The molecule has 3 rings (SSSR count). The lowest BCUT2D eigenvalue weighted by atomic mass is 10.2. The van der Waals surface area contributed by atoms with Crippen molar-refractivity contribution in [3.63, 3.8) is 0 Å². The van der Waals surface area contributed by atoms with E-state index in [0.717, 1.165) is 15.3 Å². The first kappa shape index (κ1) is 12.8. The van der Waals surface area contributed by atoms with Gasteiger partial charge >= 0.3 is 0 Å². The van der Waals surface area contributed by atoms with E-state index in [-0.39, 0.29) is 17.7 Å². The third-order valence-corrected chi connectivity index (χ3v) is 4.41. The van der Waals surface area contributed by atoms with Crippen LogP contribution in [-0.4, -0.2) is 14.5 Å². The van der Waals surface area contributed by atoms with E-state index in [1.807, 2.05) is 13.8 Å². The van der Waals surface area contributed by atoms with Gasteiger partial charge in [0.25, 0.3) is 11.1 Å². The number of rotatable bonds is 2. The number of H-pyrrole nitrogens is 1. The van der Waals surface area contributed by atoms with Crippen LogP contribution in [0.5, 0.6) is 0 Å². The highest BCUT2D eigenvalue weighted by atomic mass is 32.1. The van der Waals surface area contributed by atoms with E-state index in [0.29, 0.717) is 11.2 Å². The summed E-state index contributed by atoms with van der Waals surface area (Å²) in [5.74, 6) is 0.497. The lowest BCUT2D eigenvalue weighted by molar-refractivity contribution is 0.716. The Kier molecular flexibility index (Phi) is 3.02. The molecule has 102 valence electrons. The Morgan fingerprint density at radius 1 is 1.30 bits per heavy atom. The molecule has 0 aliphatic carbocycles. The van der Waals surface area contributed by atoms with Gasteiger partial charge in [0.2, 0.25) is 0 Å². The van der Waals surface area contributed by atoms with Gasteiger partial charge in [0, 0.05) is 17.1 Å². The second-order valence-corrected chi connectivity index (χ2v) is 5.85. The average Bonchev–Trinajstić information content (AvgIpc) is 2.68. The van der Waals surface area contributed by atoms with Crippen LogP contribution in [0.3, 0.4) is 0 Å². The number of aromatic nitrogens is 3. The number of aromatic amines is 1. The van der Waals surface area contributed by atoms with Gasteiger partial charge in [-0.15, -0.1) is 11.3 Å². The number of nitrogens with zero attached hydrogens (tertiary/aromatic N) is 2. The average molecular weight is 287 g/mol. The molecule has 0 aliphatic rings. The van der Waals surface area contributed by atoms with Gasteiger partial charge < -0.3 is 9.55 Å². The standard InChI is InChI=1S/C14H13N3O2S/c1-8-9(2)20-14-12(8)13(19)15-10(16-14)7-17-6-4-3-5-11(17)18/h3-6H,7H2,1-2H3,(H,15,16,19). The van der Waals surface area contributed by atoms with Crippen molar-refractivity contribution >= 4 is 21.6 Å². The van der Waals surface area contributed by atoms with Crippen LogP contribution in [0.4, 0.5) is 0 Å². The van der Waals surface area contributed by atoms with Gasteiger partial charge in [-0.25, -0.2) is 4.98 Å². The Labute approximate surface area is 118 Å². The molecule has 5 nitrogen and oxygen atoms in total. The molecule has 0 amide bonds. The predicted molar refractivity (Wildman–Crippen MR) is 79.5 cm³/mol. The summed E-state index contributed by atoms with van der Waals surface area (Å²) in [6, 6.07) is 4.94. The van der Waals surface area contributed by atoms with Gasteiger partial charge in [-0.1, -0.05) is 6.07 Å². The number of thiophene rings is 1. The van der Waals surface area contributed by atoms with Gasteiger partial charge in [0.05, 0.1) is 11.9 Å². The topological polar surface area (TPSA) is 67.8 Å². The van der Waals surface area contributed by atoms with Crippen molar-refractivity contribution in [3.05, 3.63) is 61.4 Å². The van der Waals surface area contributed by atoms with Crippen LogP contribution in [0.15, 0.2) is 34.0 Å². The zero-order valence-corrected chi connectivity index (χ0v) is 12.0. The van der Waals surface area contributed by atoms with Gasteiger partial charge in [0.1, 0.15) is 10.7 Å². The molecule has 3 heterocycles. The summed E-state index contributed by atoms with van der Waals surface area (Å²) >= 11 is 1.50. The van der Waals surface area contributed by atoms with Gasteiger partial charge in [-0.05, 0) is 25.5 Å². The third kappa shape index (κ3) is 2.08. The second-order valence-electron chi connectivity index (χ2n) is 4.64. The van der Waals surface area contributed by atoms with E-state index in [1.165, 1.54) is 22.0 Å². The lowest BCUT2D eigenvalue weighted by Gasteiger charge is -2.04. The van der Waals surface area contributed by atoms with Gasteiger partial charge in [-0.2, -0.15) is 0 Å². The van der Waals surface area contributed by atoms with E-state index >= 15 is 0 Å². The van der Waals surface area contributed by atoms with Crippen molar-refractivity contribution < 1.29 is 0 Å². The van der Waals surface area contributed by atoms with E-state index in [1.54, 1.807) is 18.3 Å². The molecule has 0 saturated heterocycles. The monoisotopic (exact) mass is 287 g/mol. The summed E-state index contributed by atoms with van der Waals surface area (Å²) in [4.78, 5) is 32.8. The molecule has 3 aromatic heterocycles. The fraction of sp³-hybridized carbons (Fsp3) is 0.214. The first-order valence-corrected chi connectivity index (χ1v) is 7.02. The third-order valence-electron chi connectivity index (χ3n) is 3.31. The minimum absolute atomic E-state index is 0.117. The zero-order valence-electron chi connectivity index (χ0n) is 11.1. The highest BCUT2D eigenvalue weighted by Crippen LogP contribution is 2.25. The molecule has 0 fully saturated rings. The van der Waals surface area contributed by atoms with Crippen LogP contribution in [-0.2, 0) is 6.54 Å². The van der Waals surface area contributed by atoms with Crippen LogP contribution in [0.1, 0.15) is 16.3 Å². The molecule has 0 saturated carbocycles. The Balaban J connectivity index is 2.12. The van der Waals surface area contributed by atoms with Crippen LogP contribution in [0.2, 0.25) is 0 Å². The van der Waals surface area contributed by atoms with Crippen LogP contribution >= 0.6 is 11.3 Å². The number of hydrogen-bond donors (Lipinski definition) is 1. The molecule has 0 atom stereocenters. The summed E-state index contributed by atoms with van der Waals surface area (Å²) < 4.78 is 1.51. The molecule has 0 bridgehead atoms. The fourth-order valence-electron chi connectivity index (χ4n) is 2.13. The Hall–Kier alpha value is -2.21. The number of fused-ring (bicyclic) bond motifs is 1. The maximum Gasteiger partial charge on any atom is 0.259 e. The van der Waals surface area contributed by atoms with Crippen molar-refractivity contribution in [2.24, 2.45) is 0 Å². The zero-order chi connectivity index (χ0) is 14.3. The quantitative estimate of drug-likeness (QED) is 0.781. The maximum atomic E-state index is 12.1. The highest BCUT2D eigenvalue weighted by Gasteiger charge is 2.12. The lowest BCUT2D eigenvalue weighted by Crippen LogP contribution is -2.21. The predicted octanol–water partition coefficient (Wildman–Crippen LogP) is 1.81. The van der Waals surface area contributed by atoms with Crippen molar-refractivity contribution in [1.29, 1.82) is 0 Å². The van der Waals surface area contributed by atoms with Crippen molar-refractivity contribution in [1.82, 2.24) is 14.5 Å². The molecule has 0 aromatic carbocycles. The van der Waals surface area contributed by atoms with E-state index in [9.17, 15) is 9.59 Å². The summed E-state index contributed by atoms with van der Waals surface area (Å²) in [7, 11) is 0. The van der Waals surface area contributed by atoms with E-state index in [2.05, 4.69) is 9.97 Å². The van der Waals surface area contributed by atoms with E-state index < -0.39 is 0 Å². The normalized spacial score (nSPS) is 11.1. The largest absolute Gasteiger partial charge is 0.308 e. The summed E-state index contributed by atoms with van der Waals surface area (Å²) in [5, 5.41) is 0.650. The highest BCUT2D eigenvalue weighted by molar-refractivity contribution is 7.18. The minimum Gasteiger partial charge on any atom is -0.308 e. The maximum absolute atomic E-state index is 12.1. The van der Waals surface area contributed by atoms with Crippen LogP contribution in [0, 0.1) is 13.8 Å². The van der Waals surface area contributed by atoms with Crippen molar-refractivity contribution in [2.45, 2.75) is 20.4 Å². The van der Waals surface area contributed by atoms with Crippen LogP contribution in [0.25, 0.3) is 10.2 Å². The first-order valence-electron chi connectivity index (χ1n) is 6.20. The summed E-state index contributed by atoms with van der Waals surface area (Å²) in [6.45, 7) is 4.16. The van der Waals surface area contributed by atoms with E-state index in [4.69, 9.17) is 0 Å². The van der Waals surface area contributed by atoms with Crippen LogP contribution < -0.4 is 11.1 Å². The summed E-state index contributed by atoms with van der Waals surface area (Å²) in [6.07, 6.45) is 1.68. The number of nitrogens with one attached hydrogen (secondary N) is 1. The Morgan fingerprint density at radius 2 is 2.10 bits per heavy atom. The molecular formula is C14H13N3O2S.